The Morgan fingerprint density at radius 3 is 2.83 bits per heavy atom. The highest BCUT2D eigenvalue weighted by molar-refractivity contribution is 9.10. The number of carboxylic acids is 1. The number of rotatable bonds is 2. The fourth-order valence-electron chi connectivity index (χ4n) is 0.754. The number of hydrogen-bond acceptors (Lipinski definition) is 3. The Hall–Kier alpha value is -1.10. The van der Waals surface area contributed by atoms with Crippen LogP contribution in [0.2, 0.25) is 0 Å². The molecule has 0 bridgehead atoms. The molecule has 1 rings (SSSR count). The number of anilines is 1. The lowest BCUT2D eigenvalue weighted by molar-refractivity contribution is -0.136. The molecule has 12 heavy (non-hydrogen) atoms. The van der Waals surface area contributed by atoms with Crippen LogP contribution < -0.4 is 5.73 Å². The van der Waals surface area contributed by atoms with E-state index in [0.29, 0.717) is 16.0 Å². The van der Waals surface area contributed by atoms with Crippen molar-refractivity contribution in [1.29, 1.82) is 0 Å². The zero-order chi connectivity index (χ0) is 9.14. The average Bonchev–Trinajstić information content (AvgIpc) is 1.96. The van der Waals surface area contributed by atoms with Crippen molar-refractivity contribution < 1.29 is 9.90 Å². The van der Waals surface area contributed by atoms with E-state index in [2.05, 4.69) is 20.9 Å². The molecule has 0 aliphatic heterocycles. The monoisotopic (exact) mass is 230 g/mol. The lowest BCUT2D eigenvalue weighted by atomic mass is 10.3. The van der Waals surface area contributed by atoms with Gasteiger partial charge in [0.25, 0.3) is 0 Å². The molecule has 1 heterocycles. The van der Waals surface area contributed by atoms with Crippen LogP contribution in [0.1, 0.15) is 5.69 Å². The number of nitrogens with two attached hydrogens (primary N) is 1. The van der Waals surface area contributed by atoms with Crippen molar-refractivity contribution in [3.63, 3.8) is 0 Å². The predicted octanol–water partition coefficient (Wildman–Crippen LogP) is 1.05. The summed E-state index contributed by atoms with van der Waals surface area (Å²) in [6.45, 7) is 0. The van der Waals surface area contributed by atoms with Crippen molar-refractivity contribution in [3.8, 4) is 0 Å². The molecule has 64 valence electrons. The third kappa shape index (κ3) is 2.20. The molecule has 3 N–H and O–H groups in total. The van der Waals surface area contributed by atoms with Crippen LogP contribution in [0.4, 0.5) is 5.82 Å². The van der Waals surface area contributed by atoms with Crippen LogP contribution in [0.15, 0.2) is 16.6 Å². The molecular weight excluding hydrogens is 224 g/mol. The van der Waals surface area contributed by atoms with Crippen LogP contribution in [-0.4, -0.2) is 16.1 Å². The summed E-state index contributed by atoms with van der Waals surface area (Å²) in [6, 6.07) is 3.30. The Morgan fingerprint density at radius 1 is 1.67 bits per heavy atom. The van der Waals surface area contributed by atoms with Crippen molar-refractivity contribution in [2.24, 2.45) is 0 Å². The number of hydrogen-bond donors (Lipinski definition) is 2. The fraction of sp³-hybridized carbons (Fsp3) is 0.143. The Morgan fingerprint density at radius 2 is 2.33 bits per heavy atom. The first-order valence-corrected chi connectivity index (χ1v) is 4.01. The summed E-state index contributed by atoms with van der Waals surface area (Å²) in [5.74, 6) is -0.599. The minimum absolute atomic E-state index is 0.0997. The number of nitrogen functional groups attached to an aromatic ring is 1. The van der Waals surface area contributed by atoms with E-state index in [1.165, 1.54) is 0 Å². The van der Waals surface area contributed by atoms with Gasteiger partial charge in [-0.2, -0.15) is 0 Å². The molecule has 0 atom stereocenters. The van der Waals surface area contributed by atoms with Gasteiger partial charge in [0, 0.05) is 0 Å². The smallest absolute Gasteiger partial charge is 0.309 e. The van der Waals surface area contributed by atoms with Gasteiger partial charge < -0.3 is 10.8 Å². The van der Waals surface area contributed by atoms with Gasteiger partial charge in [-0.15, -0.1) is 0 Å². The summed E-state index contributed by atoms with van der Waals surface area (Å²) in [5, 5.41) is 8.43. The Balaban J connectivity index is 2.89. The van der Waals surface area contributed by atoms with Gasteiger partial charge in [-0.25, -0.2) is 4.98 Å². The standard InChI is InChI=1S/C7H7BrN2O2/c8-5-2-1-4(3-6(11)12)10-7(5)9/h1-2H,3H2,(H2,9,10)(H,11,12). The molecular formula is C7H7BrN2O2. The number of aliphatic carboxylic acids is 1. The lowest BCUT2D eigenvalue weighted by Gasteiger charge is -1.99. The topological polar surface area (TPSA) is 76.2 Å². The highest BCUT2D eigenvalue weighted by atomic mass is 79.9. The number of nitrogens with zero attached hydrogens (tertiary/aromatic N) is 1. The van der Waals surface area contributed by atoms with Gasteiger partial charge in [-0.05, 0) is 28.1 Å². The van der Waals surface area contributed by atoms with Crippen molar-refractivity contribution in [1.82, 2.24) is 4.98 Å². The zero-order valence-corrected chi connectivity index (χ0v) is 7.71. The summed E-state index contributed by atoms with van der Waals surface area (Å²) in [7, 11) is 0. The molecule has 0 aliphatic rings. The van der Waals surface area contributed by atoms with Gasteiger partial charge in [-0.1, -0.05) is 0 Å². The minimum Gasteiger partial charge on any atom is -0.481 e. The van der Waals surface area contributed by atoms with Crippen LogP contribution in [-0.2, 0) is 11.2 Å². The molecule has 0 amide bonds. The van der Waals surface area contributed by atoms with Crippen molar-refractivity contribution in [2.45, 2.75) is 6.42 Å². The van der Waals surface area contributed by atoms with Crippen molar-refractivity contribution in [2.75, 3.05) is 5.73 Å². The van der Waals surface area contributed by atoms with Crippen LogP contribution in [0.5, 0.6) is 0 Å². The van der Waals surface area contributed by atoms with E-state index in [1.54, 1.807) is 12.1 Å². The summed E-state index contributed by atoms with van der Waals surface area (Å²) in [5.41, 5.74) is 5.91. The van der Waals surface area contributed by atoms with E-state index >= 15 is 0 Å². The molecule has 0 saturated heterocycles. The second kappa shape index (κ2) is 3.53. The van der Waals surface area contributed by atoms with Gasteiger partial charge in [0.05, 0.1) is 16.6 Å². The number of carbonyl (C=O) groups is 1. The number of halogens is 1. The normalized spacial score (nSPS) is 9.75. The molecule has 1 aromatic heterocycles. The lowest BCUT2D eigenvalue weighted by Crippen LogP contribution is -2.04. The molecule has 0 aliphatic carbocycles. The summed E-state index contributed by atoms with van der Waals surface area (Å²) >= 11 is 3.16. The van der Waals surface area contributed by atoms with E-state index in [1.807, 2.05) is 0 Å². The highest BCUT2D eigenvalue weighted by Gasteiger charge is 2.03. The van der Waals surface area contributed by atoms with E-state index in [-0.39, 0.29) is 6.42 Å². The Bertz CT molecular complexity index is 314. The zero-order valence-electron chi connectivity index (χ0n) is 6.12. The highest BCUT2D eigenvalue weighted by Crippen LogP contribution is 2.16. The van der Waals surface area contributed by atoms with E-state index in [9.17, 15) is 4.79 Å². The van der Waals surface area contributed by atoms with E-state index in [4.69, 9.17) is 10.8 Å². The summed E-state index contributed by atoms with van der Waals surface area (Å²) in [4.78, 5) is 14.1. The molecule has 0 radical (unpaired) electrons. The van der Waals surface area contributed by atoms with Crippen LogP contribution in [0.3, 0.4) is 0 Å². The Labute approximate surface area is 77.5 Å². The van der Waals surface area contributed by atoms with Crippen LogP contribution in [0.25, 0.3) is 0 Å². The van der Waals surface area contributed by atoms with Gasteiger partial charge in [0.15, 0.2) is 0 Å². The number of carboxylic acid groups (broad SMARTS) is 1. The average molecular weight is 231 g/mol. The van der Waals surface area contributed by atoms with Crippen molar-refractivity contribution in [3.05, 3.63) is 22.3 Å². The SMILES string of the molecule is Nc1nc(CC(=O)O)ccc1Br. The summed E-state index contributed by atoms with van der Waals surface area (Å²) in [6.07, 6.45) is -0.0997. The third-order valence-corrected chi connectivity index (χ3v) is 1.93. The molecule has 4 nitrogen and oxygen atoms in total. The third-order valence-electron chi connectivity index (χ3n) is 1.26. The molecule has 0 spiro atoms. The maximum absolute atomic E-state index is 10.3. The van der Waals surface area contributed by atoms with Gasteiger partial charge >= 0.3 is 5.97 Å². The first-order valence-electron chi connectivity index (χ1n) is 3.22. The number of aromatic nitrogens is 1. The van der Waals surface area contributed by atoms with Crippen LogP contribution in [0, 0.1) is 0 Å². The molecule has 1 aromatic rings. The fourth-order valence-corrected chi connectivity index (χ4v) is 0.974. The molecule has 0 saturated carbocycles. The van der Waals surface area contributed by atoms with Gasteiger partial charge in [0.2, 0.25) is 0 Å². The first-order chi connectivity index (χ1) is 5.59. The molecule has 5 heteroatoms. The van der Waals surface area contributed by atoms with E-state index in [0.717, 1.165) is 0 Å². The quantitative estimate of drug-likeness (QED) is 0.797. The molecule has 0 aromatic carbocycles. The first kappa shape index (κ1) is 8.99. The second-order valence-electron chi connectivity index (χ2n) is 2.24. The van der Waals surface area contributed by atoms with Crippen molar-refractivity contribution >= 4 is 27.7 Å². The summed E-state index contributed by atoms with van der Waals surface area (Å²) < 4.78 is 0.677. The predicted molar refractivity (Wildman–Crippen MR) is 47.7 cm³/mol. The minimum atomic E-state index is -0.913. The van der Waals surface area contributed by atoms with Gasteiger partial charge in [0.1, 0.15) is 5.82 Å². The Kier molecular flexibility index (Phi) is 2.65. The van der Waals surface area contributed by atoms with E-state index < -0.39 is 5.97 Å². The maximum atomic E-state index is 10.3. The maximum Gasteiger partial charge on any atom is 0.309 e. The molecule has 0 fully saturated rings. The molecule has 0 unspecified atom stereocenters. The second-order valence-corrected chi connectivity index (χ2v) is 3.09. The van der Waals surface area contributed by atoms with Gasteiger partial charge in [-0.3, -0.25) is 4.79 Å². The number of pyridine rings is 1. The largest absolute Gasteiger partial charge is 0.481 e. The van der Waals surface area contributed by atoms with Crippen LogP contribution >= 0.6 is 15.9 Å².